The van der Waals surface area contributed by atoms with Crippen molar-refractivity contribution in [1.29, 1.82) is 0 Å². The minimum absolute atomic E-state index is 0.120. The zero-order valence-electron chi connectivity index (χ0n) is 11.0. The van der Waals surface area contributed by atoms with Crippen molar-refractivity contribution in [1.82, 2.24) is 0 Å². The first-order valence-electron chi connectivity index (χ1n) is 6.01. The van der Waals surface area contributed by atoms with Gasteiger partial charge in [-0.2, -0.15) is 0 Å². The van der Waals surface area contributed by atoms with Crippen LogP contribution in [0.1, 0.15) is 15.9 Å². The summed E-state index contributed by atoms with van der Waals surface area (Å²) in [5.74, 6) is 0.663. The Balaban J connectivity index is 2.15. The molecule has 2 aromatic carbocycles. The number of nitrogens with two attached hydrogens (primary N) is 1. The highest BCUT2D eigenvalue weighted by molar-refractivity contribution is 9.10. The molecule has 0 unspecified atom stereocenters. The summed E-state index contributed by atoms with van der Waals surface area (Å²) in [4.78, 5) is 12.1. The normalized spacial score (nSPS) is 10.7. The molecule has 0 amide bonds. The van der Waals surface area contributed by atoms with Crippen molar-refractivity contribution in [3.63, 3.8) is 0 Å². The number of ketones is 1. The molecule has 3 nitrogen and oxygen atoms in total. The molecule has 102 valence electrons. The van der Waals surface area contributed by atoms with E-state index in [9.17, 15) is 4.79 Å². The second-order valence-corrected chi connectivity index (χ2v) is 5.12. The molecule has 2 N–H and O–H groups in total. The van der Waals surface area contributed by atoms with Crippen LogP contribution in [-0.4, -0.2) is 12.9 Å². The summed E-state index contributed by atoms with van der Waals surface area (Å²) in [7, 11) is 1.62. The van der Waals surface area contributed by atoms with Crippen LogP contribution in [0, 0.1) is 0 Å². The Labute approximate surface area is 126 Å². The van der Waals surface area contributed by atoms with Crippen LogP contribution in [0.2, 0.25) is 0 Å². The van der Waals surface area contributed by atoms with Crippen molar-refractivity contribution in [3.8, 4) is 5.75 Å². The average Bonchev–Trinajstić information content (AvgIpc) is 2.45. The molecule has 0 saturated heterocycles. The van der Waals surface area contributed by atoms with Gasteiger partial charge in [0.1, 0.15) is 5.75 Å². The Bertz CT molecular complexity index is 648. The molecule has 0 aliphatic heterocycles. The smallest absolute Gasteiger partial charge is 0.187 e. The Morgan fingerprint density at radius 2 is 1.90 bits per heavy atom. The van der Waals surface area contributed by atoms with E-state index in [0.717, 1.165) is 15.8 Å². The number of benzene rings is 2. The van der Waals surface area contributed by atoms with E-state index in [0.29, 0.717) is 11.3 Å². The van der Waals surface area contributed by atoms with Gasteiger partial charge in [0.15, 0.2) is 5.78 Å². The van der Waals surface area contributed by atoms with E-state index in [-0.39, 0.29) is 5.78 Å². The quantitative estimate of drug-likeness (QED) is 0.524. The summed E-state index contributed by atoms with van der Waals surface area (Å²) < 4.78 is 5.93. The monoisotopic (exact) mass is 331 g/mol. The molecule has 0 radical (unpaired) electrons. The molecule has 0 aliphatic rings. The standard InChI is InChI=1S/C16H14BrNO2/c1-20-13-6-2-11(3-7-13)4-9-16(19)14-8-5-12(17)10-15(14)18/h2-10H,18H2,1H3/b9-4+. The summed E-state index contributed by atoms with van der Waals surface area (Å²) >= 11 is 3.31. The topological polar surface area (TPSA) is 52.3 Å². The highest BCUT2D eigenvalue weighted by Gasteiger charge is 2.06. The lowest BCUT2D eigenvalue weighted by molar-refractivity contribution is 0.104. The largest absolute Gasteiger partial charge is 0.497 e. The van der Waals surface area contributed by atoms with Gasteiger partial charge in [-0.05, 0) is 42.0 Å². The zero-order chi connectivity index (χ0) is 14.5. The lowest BCUT2D eigenvalue weighted by Crippen LogP contribution is -2.00. The number of hydrogen-bond donors (Lipinski definition) is 1. The minimum Gasteiger partial charge on any atom is -0.497 e. The third-order valence-corrected chi connectivity index (χ3v) is 3.32. The van der Waals surface area contributed by atoms with Crippen molar-refractivity contribution in [3.05, 3.63) is 64.1 Å². The van der Waals surface area contributed by atoms with Gasteiger partial charge in [0.05, 0.1) is 7.11 Å². The third-order valence-electron chi connectivity index (χ3n) is 2.82. The number of ether oxygens (including phenoxy) is 1. The molecular weight excluding hydrogens is 318 g/mol. The van der Waals surface area contributed by atoms with Crippen LogP contribution in [0.3, 0.4) is 0 Å². The number of allylic oxidation sites excluding steroid dienone is 1. The Morgan fingerprint density at radius 3 is 2.50 bits per heavy atom. The minimum atomic E-state index is -0.120. The number of methoxy groups -OCH3 is 1. The maximum absolute atomic E-state index is 12.1. The fourth-order valence-corrected chi connectivity index (χ4v) is 2.11. The maximum atomic E-state index is 12.1. The molecule has 2 rings (SSSR count). The van der Waals surface area contributed by atoms with E-state index in [1.54, 1.807) is 31.4 Å². The van der Waals surface area contributed by atoms with Gasteiger partial charge in [0.25, 0.3) is 0 Å². The predicted octanol–water partition coefficient (Wildman–Crippen LogP) is 3.94. The molecule has 0 fully saturated rings. The number of rotatable bonds is 4. The van der Waals surface area contributed by atoms with Crippen molar-refractivity contribution < 1.29 is 9.53 Å². The summed E-state index contributed by atoms with van der Waals surface area (Å²) in [6.07, 6.45) is 3.27. The first-order valence-corrected chi connectivity index (χ1v) is 6.81. The van der Waals surface area contributed by atoms with Crippen LogP contribution in [-0.2, 0) is 0 Å². The average molecular weight is 332 g/mol. The van der Waals surface area contributed by atoms with Crippen LogP contribution in [0.15, 0.2) is 53.0 Å². The molecule has 0 atom stereocenters. The van der Waals surface area contributed by atoms with E-state index in [1.807, 2.05) is 24.3 Å². The fourth-order valence-electron chi connectivity index (χ4n) is 1.73. The number of hydrogen-bond acceptors (Lipinski definition) is 3. The summed E-state index contributed by atoms with van der Waals surface area (Å²) in [6.45, 7) is 0. The van der Waals surface area contributed by atoms with Gasteiger partial charge >= 0.3 is 0 Å². The molecule has 4 heteroatoms. The number of carbonyl (C=O) groups is 1. The molecule has 0 aliphatic carbocycles. The Morgan fingerprint density at radius 1 is 1.20 bits per heavy atom. The van der Waals surface area contributed by atoms with Crippen LogP contribution in [0.5, 0.6) is 5.75 Å². The van der Waals surface area contributed by atoms with Gasteiger partial charge in [0.2, 0.25) is 0 Å². The van der Waals surface area contributed by atoms with Crippen molar-refractivity contribution in [2.45, 2.75) is 0 Å². The van der Waals surface area contributed by atoms with Crippen LogP contribution in [0.25, 0.3) is 6.08 Å². The van der Waals surface area contributed by atoms with Gasteiger partial charge in [-0.25, -0.2) is 0 Å². The van der Waals surface area contributed by atoms with Gasteiger partial charge in [0, 0.05) is 15.7 Å². The summed E-state index contributed by atoms with van der Waals surface area (Å²) in [6, 6.07) is 12.7. The van der Waals surface area contributed by atoms with E-state index in [2.05, 4.69) is 15.9 Å². The maximum Gasteiger partial charge on any atom is 0.187 e. The number of nitrogen functional groups attached to an aromatic ring is 1. The van der Waals surface area contributed by atoms with Gasteiger partial charge in [-0.1, -0.05) is 34.1 Å². The second kappa shape index (κ2) is 6.39. The van der Waals surface area contributed by atoms with Crippen molar-refractivity contribution >= 4 is 33.5 Å². The third kappa shape index (κ3) is 3.48. The van der Waals surface area contributed by atoms with Gasteiger partial charge < -0.3 is 10.5 Å². The van der Waals surface area contributed by atoms with E-state index in [4.69, 9.17) is 10.5 Å². The second-order valence-electron chi connectivity index (χ2n) is 4.20. The van der Waals surface area contributed by atoms with E-state index in [1.165, 1.54) is 6.08 Å². The summed E-state index contributed by atoms with van der Waals surface area (Å²) in [5, 5.41) is 0. The molecular formula is C16H14BrNO2. The van der Waals surface area contributed by atoms with E-state index >= 15 is 0 Å². The Kier molecular flexibility index (Phi) is 4.58. The van der Waals surface area contributed by atoms with Gasteiger partial charge in [-0.15, -0.1) is 0 Å². The first-order chi connectivity index (χ1) is 9.60. The SMILES string of the molecule is COc1ccc(/C=C/C(=O)c2ccc(Br)cc2N)cc1. The number of halogens is 1. The summed E-state index contributed by atoms with van der Waals surface area (Å²) in [5.41, 5.74) is 7.71. The lowest BCUT2D eigenvalue weighted by atomic mass is 10.1. The Hall–Kier alpha value is -2.07. The highest BCUT2D eigenvalue weighted by atomic mass is 79.9. The highest BCUT2D eigenvalue weighted by Crippen LogP contribution is 2.20. The molecule has 0 spiro atoms. The first kappa shape index (κ1) is 14.3. The van der Waals surface area contributed by atoms with Crippen molar-refractivity contribution in [2.75, 3.05) is 12.8 Å². The molecule has 0 bridgehead atoms. The molecule has 0 aromatic heterocycles. The molecule has 0 saturated carbocycles. The zero-order valence-corrected chi connectivity index (χ0v) is 12.6. The van der Waals surface area contributed by atoms with E-state index < -0.39 is 0 Å². The lowest BCUT2D eigenvalue weighted by Gasteiger charge is -2.02. The predicted molar refractivity (Wildman–Crippen MR) is 84.9 cm³/mol. The number of anilines is 1. The number of carbonyl (C=O) groups excluding carboxylic acids is 1. The van der Waals surface area contributed by atoms with Crippen molar-refractivity contribution in [2.24, 2.45) is 0 Å². The fraction of sp³-hybridized carbons (Fsp3) is 0.0625. The molecule has 20 heavy (non-hydrogen) atoms. The van der Waals surface area contributed by atoms with Crippen LogP contribution < -0.4 is 10.5 Å². The van der Waals surface area contributed by atoms with Gasteiger partial charge in [-0.3, -0.25) is 4.79 Å². The van der Waals surface area contributed by atoms with Crippen LogP contribution in [0.4, 0.5) is 5.69 Å². The molecule has 0 heterocycles. The van der Waals surface area contributed by atoms with Crippen LogP contribution >= 0.6 is 15.9 Å². The molecule has 2 aromatic rings.